The highest BCUT2D eigenvalue weighted by Gasteiger charge is 2.55. The fourth-order valence-corrected chi connectivity index (χ4v) is 3.20. The monoisotopic (exact) mass is 282 g/mol. The van der Waals surface area contributed by atoms with Crippen LogP contribution in [0, 0.1) is 5.41 Å². The number of amides is 4. The quantitative estimate of drug-likeness (QED) is 0.762. The molecule has 0 atom stereocenters. The number of barbiturate groups is 1. The van der Waals surface area contributed by atoms with Gasteiger partial charge in [-0.25, -0.2) is 4.79 Å². The maximum atomic E-state index is 12.9. The van der Waals surface area contributed by atoms with Crippen LogP contribution in [-0.2, 0) is 9.59 Å². The topological polar surface area (TPSA) is 66.5 Å². The zero-order valence-corrected chi connectivity index (χ0v) is 13.2. The Morgan fingerprint density at radius 1 is 0.950 bits per heavy atom. The predicted octanol–water partition coefficient (Wildman–Crippen LogP) is 2.84. The van der Waals surface area contributed by atoms with Crippen molar-refractivity contribution in [3.8, 4) is 0 Å². The van der Waals surface area contributed by atoms with Gasteiger partial charge in [0.2, 0.25) is 11.8 Å². The van der Waals surface area contributed by atoms with Crippen molar-refractivity contribution in [3.63, 3.8) is 0 Å². The number of urea groups is 1. The molecular formula is C15H26N2O3. The van der Waals surface area contributed by atoms with E-state index in [1.54, 1.807) is 0 Å². The molecule has 0 aromatic rings. The van der Waals surface area contributed by atoms with Gasteiger partial charge < -0.3 is 0 Å². The third-order valence-electron chi connectivity index (χ3n) is 5.13. The Hall–Kier alpha value is -1.39. The third-order valence-corrected chi connectivity index (χ3v) is 5.13. The second kappa shape index (κ2) is 5.94. The minimum atomic E-state index is -1.10. The second-order valence-electron chi connectivity index (χ2n) is 5.47. The van der Waals surface area contributed by atoms with Crippen molar-refractivity contribution in [2.75, 3.05) is 0 Å². The molecule has 1 saturated heterocycles. The first kappa shape index (κ1) is 16.7. The van der Waals surface area contributed by atoms with Crippen LogP contribution in [0.3, 0.4) is 0 Å². The molecular weight excluding hydrogens is 256 g/mol. The van der Waals surface area contributed by atoms with E-state index in [1.165, 1.54) is 4.90 Å². The Bertz CT molecular complexity index is 401. The summed E-state index contributed by atoms with van der Waals surface area (Å²) in [5.41, 5.74) is -1.60. The first-order valence-electron chi connectivity index (χ1n) is 7.59. The summed E-state index contributed by atoms with van der Waals surface area (Å²) in [6, 6.07) is -0.567. The Morgan fingerprint density at radius 3 is 1.75 bits per heavy atom. The van der Waals surface area contributed by atoms with Gasteiger partial charge in [0.05, 0.1) is 5.54 Å². The standard InChI is InChI=1S/C15H26N2O3/c1-6-14(7-2,8-3)17-12(19)15(9-4,10-5)11(18)16-13(17)20/h6-10H2,1-5H3,(H,16,18,20). The summed E-state index contributed by atoms with van der Waals surface area (Å²) in [4.78, 5) is 38.6. The molecule has 1 aliphatic heterocycles. The lowest BCUT2D eigenvalue weighted by Gasteiger charge is -2.47. The molecule has 1 heterocycles. The summed E-state index contributed by atoms with van der Waals surface area (Å²) in [5, 5.41) is 2.39. The van der Waals surface area contributed by atoms with Gasteiger partial charge in [-0.3, -0.25) is 19.8 Å². The fraction of sp³-hybridized carbons (Fsp3) is 0.800. The van der Waals surface area contributed by atoms with Gasteiger partial charge in [0, 0.05) is 0 Å². The molecule has 0 unspecified atom stereocenters. The molecule has 20 heavy (non-hydrogen) atoms. The molecule has 0 saturated carbocycles. The zero-order chi connectivity index (χ0) is 15.6. The maximum absolute atomic E-state index is 12.9. The van der Waals surface area contributed by atoms with Crippen molar-refractivity contribution in [1.29, 1.82) is 0 Å². The molecule has 1 rings (SSSR count). The van der Waals surface area contributed by atoms with Crippen LogP contribution in [0.2, 0.25) is 0 Å². The van der Waals surface area contributed by atoms with E-state index in [9.17, 15) is 14.4 Å². The molecule has 0 bridgehead atoms. The van der Waals surface area contributed by atoms with Gasteiger partial charge in [-0.2, -0.15) is 0 Å². The zero-order valence-electron chi connectivity index (χ0n) is 13.2. The van der Waals surface area contributed by atoms with E-state index in [0.29, 0.717) is 32.1 Å². The largest absolute Gasteiger partial charge is 0.331 e. The molecule has 1 fully saturated rings. The van der Waals surface area contributed by atoms with Gasteiger partial charge in [0.1, 0.15) is 5.41 Å². The van der Waals surface area contributed by atoms with E-state index >= 15 is 0 Å². The van der Waals surface area contributed by atoms with Gasteiger partial charge in [0.15, 0.2) is 0 Å². The average Bonchev–Trinajstić information content (AvgIpc) is 2.45. The van der Waals surface area contributed by atoms with Gasteiger partial charge >= 0.3 is 6.03 Å². The molecule has 0 aliphatic carbocycles. The van der Waals surface area contributed by atoms with Gasteiger partial charge in [-0.15, -0.1) is 0 Å². The number of carbonyl (C=O) groups excluding carboxylic acids is 3. The Morgan fingerprint density at radius 2 is 1.40 bits per heavy atom. The summed E-state index contributed by atoms with van der Waals surface area (Å²) >= 11 is 0. The number of imide groups is 2. The van der Waals surface area contributed by atoms with Crippen molar-refractivity contribution in [3.05, 3.63) is 0 Å². The third kappa shape index (κ3) is 2.13. The Kier molecular flexibility index (Phi) is 4.95. The van der Waals surface area contributed by atoms with Crippen LogP contribution >= 0.6 is 0 Å². The average molecular weight is 282 g/mol. The Balaban J connectivity index is 3.36. The lowest BCUT2D eigenvalue weighted by Crippen LogP contribution is -2.69. The molecule has 5 heteroatoms. The molecule has 0 aromatic heterocycles. The highest BCUT2D eigenvalue weighted by Crippen LogP contribution is 2.38. The number of hydrogen-bond acceptors (Lipinski definition) is 3. The number of rotatable bonds is 6. The van der Waals surface area contributed by atoms with Gasteiger partial charge in [0.25, 0.3) is 0 Å². The van der Waals surface area contributed by atoms with Crippen molar-refractivity contribution >= 4 is 17.8 Å². The van der Waals surface area contributed by atoms with Gasteiger partial charge in [-0.05, 0) is 32.1 Å². The molecule has 5 nitrogen and oxygen atoms in total. The van der Waals surface area contributed by atoms with E-state index in [1.807, 2.05) is 34.6 Å². The van der Waals surface area contributed by atoms with E-state index in [2.05, 4.69) is 5.32 Å². The van der Waals surface area contributed by atoms with Crippen LogP contribution in [0.15, 0.2) is 0 Å². The van der Waals surface area contributed by atoms with Crippen LogP contribution < -0.4 is 5.32 Å². The minimum Gasteiger partial charge on any atom is -0.277 e. The number of hydrogen-bond donors (Lipinski definition) is 1. The highest BCUT2D eigenvalue weighted by molar-refractivity contribution is 6.19. The van der Waals surface area contributed by atoms with Crippen LogP contribution in [0.5, 0.6) is 0 Å². The number of carbonyl (C=O) groups is 3. The second-order valence-corrected chi connectivity index (χ2v) is 5.47. The molecule has 114 valence electrons. The molecule has 0 spiro atoms. The van der Waals surface area contributed by atoms with Crippen molar-refractivity contribution in [1.82, 2.24) is 10.2 Å². The van der Waals surface area contributed by atoms with E-state index in [0.717, 1.165) is 0 Å². The van der Waals surface area contributed by atoms with Crippen LogP contribution in [0.1, 0.15) is 66.7 Å². The van der Waals surface area contributed by atoms with Crippen LogP contribution in [0.25, 0.3) is 0 Å². The van der Waals surface area contributed by atoms with E-state index in [4.69, 9.17) is 0 Å². The summed E-state index contributed by atoms with van der Waals surface area (Å²) in [5.74, 6) is -0.784. The minimum absolute atomic E-state index is 0.332. The fourth-order valence-electron chi connectivity index (χ4n) is 3.20. The smallest absolute Gasteiger partial charge is 0.277 e. The summed E-state index contributed by atoms with van der Waals surface area (Å²) in [6.45, 7) is 9.57. The molecule has 0 radical (unpaired) electrons. The summed E-state index contributed by atoms with van der Waals surface area (Å²) < 4.78 is 0. The van der Waals surface area contributed by atoms with Crippen LogP contribution in [0.4, 0.5) is 4.79 Å². The molecule has 1 aliphatic rings. The van der Waals surface area contributed by atoms with Crippen molar-refractivity contribution in [2.24, 2.45) is 5.41 Å². The summed E-state index contributed by atoms with van der Waals surface area (Å²) in [7, 11) is 0. The molecule has 0 aromatic carbocycles. The highest BCUT2D eigenvalue weighted by atomic mass is 16.2. The van der Waals surface area contributed by atoms with Gasteiger partial charge in [-0.1, -0.05) is 34.6 Å². The van der Waals surface area contributed by atoms with Crippen LogP contribution in [-0.4, -0.2) is 28.3 Å². The SMILES string of the molecule is CCC1(CC)C(=O)NC(=O)N(C(CC)(CC)CC)C1=O. The first-order valence-corrected chi connectivity index (χ1v) is 7.59. The lowest BCUT2D eigenvalue weighted by atomic mass is 9.76. The Labute approximate surface area is 121 Å². The first-order chi connectivity index (χ1) is 9.38. The predicted molar refractivity (Wildman–Crippen MR) is 77.0 cm³/mol. The van der Waals surface area contributed by atoms with E-state index in [-0.39, 0.29) is 5.91 Å². The van der Waals surface area contributed by atoms with E-state index < -0.39 is 22.9 Å². The molecule has 1 N–H and O–H groups in total. The lowest BCUT2D eigenvalue weighted by molar-refractivity contribution is -0.156. The number of nitrogens with one attached hydrogen (secondary N) is 1. The summed E-state index contributed by atoms with van der Waals surface area (Å²) in [6.07, 6.45) is 2.89. The number of nitrogens with zero attached hydrogens (tertiary/aromatic N) is 1. The van der Waals surface area contributed by atoms with Crippen molar-refractivity contribution < 1.29 is 14.4 Å². The maximum Gasteiger partial charge on any atom is 0.331 e. The molecule has 4 amide bonds. The normalized spacial score (nSPS) is 19.2. The van der Waals surface area contributed by atoms with Crippen molar-refractivity contribution in [2.45, 2.75) is 72.3 Å².